The van der Waals surface area contributed by atoms with E-state index >= 15 is 0 Å². The third-order valence-corrected chi connectivity index (χ3v) is 3.43. The van der Waals surface area contributed by atoms with Crippen LogP contribution < -0.4 is 0 Å². The van der Waals surface area contributed by atoms with Gasteiger partial charge in [0.15, 0.2) is 0 Å². The number of nitrogens with zero attached hydrogens (tertiary/aromatic N) is 3. The molecule has 0 aliphatic heterocycles. The van der Waals surface area contributed by atoms with Crippen LogP contribution in [0.2, 0.25) is 0 Å². The van der Waals surface area contributed by atoms with Gasteiger partial charge in [-0.25, -0.2) is 0 Å². The first-order valence-electron chi connectivity index (χ1n) is 5.60. The number of fused-ring (bicyclic) bond motifs is 1. The molecule has 1 N–H and O–H groups in total. The highest BCUT2D eigenvalue weighted by Gasteiger charge is 2.11. The Morgan fingerprint density at radius 1 is 1.47 bits per heavy atom. The lowest BCUT2D eigenvalue weighted by Crippen LogP contribution is -1.97. The Morgan fingerprint density at radius 3 is 3.21 bits per heavy atom. The lowest BCUT2D eigenvalue weighted by atomic mass is 10.2. The van der Waals surface area contributed by atoms with Crippen molar-refractivity contribution in [1.29, 1.82) is 0 Å². The molecular formula is C12H9N3O3S. The van der Waals surface area contributed by atoms with E-state index in [4.69, 9.17) is 9.63 Å². The number of carbonyl (C=O) groups is 1. The third-order valence-electron chi connectivity index (χ3n) is 2.58. The fraction of sp³-hybridized carbons (Fsp3) is 0.167. The molecule has 6 nitrogen and oxygen atoms in total. The van der Waals surface area contributed by atoms with Crippen molar-refractivity contribution in [2.75, 3.05) is 0 Å². The Morgan fingerprint density at radius 2 is 2.37 bits per heavy atom. The van der Waals surface area contributed by atoms with E-state index in [-0.39, 0.29) is 12.8 Å². The molecule has 7 heteroatoms. The SMILES string of the molecule is O=C(O)CCc1nc(-c2cnc3ccsc3c2)no1. The van der Waals surface area contributed by atoms with Crippen LogP contribution in [0.4, 0.5) is 0 Å². The summed E-state index contributed by atoms with van der Waals surface area (Å²) in [5, 5.41) is 14.4. The van der Waals surface area contributed by atoms with E-state index in [1.807, 2.05) is 17.5 Å². The quantitative estimate of drug-likeness (QED) is 0.786. The van der Waals surface area contributed by atoms with Crippen molar-refractivity contribution in [3.63, 3.8) is 0 Å². The van der Waals surface area contributed by atoms with E-state index in [1.54, 1.807) is 17.5 Å². The summed E-state index contributed by atoms with van der Waals surface area (Å²) < 4.78 is 6.06. The van der Waals surface area contributed by atoms with Gasteiger partial charge in [-0.2, -0.15) is 4.98 Å². The summed E-state index contributed by atoms with van der Waals surface area (Å²) in [4.78, 5) is 18.9. The molecule has 0 aliphatic carbocycles. The Kier molecular flexibility index (Phi) is 2.96. The van der Waals surface area contributed by atoms with Crippen molar-refractivity contribution in [3.8, 4) is 11.4 Å². The molecule has 0 radical (unpaired) electrons. The second kappa shape index (κ2) is 4.77. The van der Waals surface area contributed by atoms with Gasteiger partial charge in [-0.05, 0) is 17.5 Å². The van der Waals surface area contributed by atoms with Gasteiger partial charge in [0.25, 0.3) is 0 Å². The van der Waals surface area contributed by atoms with Crippen LogP contribution in [0.5, 0.6) is 0 Å². The van der Waals surface area contributed by atoms with Crippen molar-refractivity contribution in [3.05, 3.63) is 29.6 Å². The minimum absolute atomic E-state index is 0.0240. The number of rotatable bonds is 4. The molecule has 0 spiro atoms. The predicted molar refractivity (Wildman–Crippen MR) is 68.9 cm³/mol. The molecule has 0 amide bonds. The zero-order valence-corrected chi connectivity index (χ0v) is 10.6. The van der Waals surface area contributed by atoms with Crippen LogP contribution in [0, 0.1) is 0 Å². The minimum Gasteiger partial charge on any atom is -0.481 e. The van der Waals surface area contributed by atoms with Crippen LogP contribution in [0.1, 0.15) is 12.3 Å². The van der Waals surface area contributed by atoms with E-state index in [0.717, 1.165) is 15.8 Å². The average Bonchev–Trinajstić information content (AvgIpc) is 3.04. The molecule has 0 atom stereocenters. The van der Waals surface area contributed by atoms with Crippen molar-refractivity contribution in [1.82, 2.24) is 15.1 Å². The molecule has 3 rings (SSSR count). The Hall–Kier alpha value is -2.28. The highest BCUT2D eigenvalue weighted by atomic mass is 32.1. The fourth-order valence-corrected chi connectivity index (χ4v) is 2.44. The topological polar surface area (TPSA) is 89.1 Å². The van der Waals surface area contributed by atoms with Crippen LogP contribution >= 0.6 is 11.3 Å². The molecular weight excluding hydrogens is 266 g/mol. The first-order valence-corrected chi connectivity index (χ1v) is 6.48. The van der Waals surface area contributed by atoms with E-state index in [1.165, 1.54) is 0 Å². The lowest BCUT2D eigenvalue weighted by molar-refractivity contribution is -0.137. The van der Waals surface area contributed by atoms with Crippen LogP contribution in [-0.2, 0) is 11.2 Å². The fourth-order valence-electron chi connectivity index (χ4n) is 1.66. The van der Waals surface area contributed by atoms with Gasteiger partial charge in [0.2, 0.25) is 11.7 Å². The van der Waals surface area contributed by atoms with Gasteiger partial charge >= 0.3 is 5.97 Å². The highest BCUT2D eigenvalue weighted by molar-refractivity contribution is 7.17. The third kappa shape index (κ3) is 2.45. The first kappa shape index (κ1) is 11.8. The van der Waals surface area contributed by atoms with E-state index in [9.17, 15) is 4.79 Å². The molecule has 0 saturated carbocycles. The maximum absolute atomic E-state index is 10.5. The maximum atomic E-state index is 10.5. The summed E-state index contributed by atoms with van der Waals surface area (Å²) in [5.74, 6) is -0.131. The summed E-state index contributed by atoms with van der Waals surface area (Å²) in [5.41, 5.74) is 1.70. The molecule has 19 heavy (non-hydrogen) atoms. The summed E-state index contributed by atoms with van der Waals surface area (Å²) in [6.45, 7) is 0. The van der Waals surface area contributed by atoms with Gasteiger partial charge in [0, 0.05) is 18.2 Å². The average molecular weight is 275 g/mol. The summed E-state index contributed by atoms with van der Waals surface area (Å²) in [6, 6.07) is 3.89. The van der Waals surface area contributed by atoms with Crippen LogP contribution in [0.15, 0.2) is 28.2 Å². The van der Waals surface area contributed by atoms with Crippen molar-refractivity contribution in [2.24, 2.45) is 0 Å². The zero-order chi connectivity index (χ0) is 13.2. The number of thiophene rings is 1. The minimum atomic E-state index is -0.888. The van der Waals surface area contributed by atoms with Gasteiger partial charge in [0.05, 0.1) is 16.6 Å². The number of carboxylic acid groups (broad SMARTS) is 1. The standard InChI is InChI=1S/C12H9N3O3S/c16-11(17)2-1-10-14-12(15-18-10)7-5-9-8(13-6-7)3-4-19-9/h3-6H,1-2H2,(H,16,17). The molecule has 0 saturated heterocycles. The smallest absolute Gasteiger partial charge is 0.303 e. The van der Waals surface area contributed by atoms with E-state index in [2.05, 4.69) is 15.1 Å². The maximum Gasteiger partial charge on any atom is 0.303 e. The number of pyridine rings is 1. The molecule has 3 aromatic rings. The first-order chi connectivity index (χ1) is 9.22. The van der Waals surface area contributed by atoms with E-state index in [0.29, 0.717) is 11.7 Å². The lowest BCUT2D eigenvalue weighted by Gasteiger charge is -1.93. The van der Waals surface area contributed by atoms with Crippen LogP contribution in [0.25, 0.3) is 21.6 Å². The van der Waals surface area contributed by atoms with Gasteiger partial charge in [-0.15, -0.1) is 11.3 Å². The van der Waals surface area contributed by atoms with Crippen LogP contribution in [-0.4, -0.2) is 26.2 Å². The van der Waals surface area contributed by atoms with E-state index < -0.39 is 5.97 Å². The van der Waals surface area contributed by atoms with Crippen LogP contribution in [0.3, 0.4) is 0 Å². The molecule has 0 fully saturated rings. The number of hydrogen-bond donors (Lipinski definition) is 1. The summed E-state index contributed by atoms with van der Waals surface area (Å²) >= 11 is 1.59. The predicted octanol–water partition coefficient (Wildman–Crippen LogP) is 2.36. The van der Waals surface area contributed by atoms with Crippen molar-refractivity contribution >= 4 is 27.5 Å². The molecule has 96 valence electrons. The summed E-state index contributed by atoms with van der Waals surface area (Å²) in [7, 11) is 0. The Bertz CT molecular complexity index is 734. The molecule has 0 unspecified atom stereocenters. The molecule has 0 bridgehead atoms. The van der Waals surface area contributed by atoms with Crippen molar-refractivity contribution < 1.29 is 14.4 Å². The molecule has 3 heterocycles. The largest absolute Gasteiger partial charge is 0.481 e. The number of aliphatic carboxylic acids is 1. The summed E-state index contributed by atoms with van der Waals surface area (Å²) in [6.07, 6.45) is 1.89. The number of aromatic nitrogens is 3. The second-order valence-corrected chi connectivity index (χ2v) is 4.88. The second-order valence-electron chi connectivity index (χ2n) is 3.93. The number of aryl methyl sites for hydroxylation is 1. The Labute approximate surface area is 111 Å². The number of carboxylic acids is 1. The van der Waals surface area contributed by atoms with Gasteiger partial charge in [-0.1, -0.05) is 5.16 Å². The monoisotopic (exact) mass is 275 g/mol. The zero-order valence-electron chi connectivity index (χ0n) is 9.74. The molecule has 3 aromatic heterocycles. The van der Waals surface area contributed by atoms with Gasteiger partial charge in [0.1, 0.15) is 0 Å². The Balaban J connectivity index is 1.86. The molecule has 0 aliphatic rings. The molecule has 0 aromatic carbocycles. The van der Waals surface area contributed by atoms with Gasteiger partial charge < -0.3 is 9.63 Å². The van der Waals surface area contributed by atoms with Crippen molar-refractivity contribution in [2.45, 2.75) is 12.8 Å². The van der Waals surface area contributed by atoms with Gasteiger partial charge in [-0.3, -0.25) is 9.78 Å². The normalized spacial score (nSPS) is 10.9. The number of hydrogen-bond acceptors (Lipinski definition) is 6. The highest BCUT2D eigenvalue weighted by Crippen LogP contribution is 2.24.